The lowest BCUT2D eigenvalue weighted by molar-refractivity contribution is -0.137. The molecule has 8 nitrogen and oxygen atoms in total. The molecule has 1 atom stereocenters. The van der Waals surface area contributed by atoms with Gasteiger partial charge in [-0.2, -0.15) is 18.3 Å². The number of benzene rings is 1. The Labute approximate surface area is 249 Å². The van der Waals surface area contributed by atoms with Gasteiger partial charge < -0.3 is 15.5 Å². The molecule has 2 aliphatic rings. The molecule has 2 fully saturated rings. The van der Waals surface area contributed by atoms with E-state index >= 15 is 0 Å². The highest BCUT2D eigenvalue weighted by Crippen LogP contribution is 2.40. The molecule has 43 heavy (non-hydrogen) atoms. The molecule has 0 unspecified atom stereocenters. The number of nitrogens with one attached hydrogen (secondary N) is 2. The zero-order chi connectivity index (χ0) is 30.6. The maximum absolute atomic E-state index is 13.9. The van der Waals surface area contributed by atoms with Crippen LogP contribution in [0.25, 0.3) is 11.3 Å². The number of nitrogens with zero attached hydrogens (tertiary/aromatic N) is 4. The monoisotopic (exact) mass is 624 g/mol. The van der Waals surface area contributed by atoms with Crippen molar-refractivity contribution in [2.75, 3.05) is 25.0 Å². The number of piperidine rings is 1. The van der Waals surface area contributed by atoms with Gasteiger partial charge in [0, 0.05) is 62.1 Å². The minimum Gasteiger partial charge on any atom is -0.347 e. The molecule has 1 saturated carbocycles. The molecular weight excluding hydrogens is 591 g/mol. The van der Waals surface area contributed by atoms with Crippen LogP contribution >= 0.6 is 11.3 Å². The van der Waals surface area contributed by atoms with Gasteiger partial charge >= 0.3 is 6.18 Å². The van der Waals surface area contributed by atoms with Crippen molar-refractivity contribution in [3.05, 3.63) is 53.2 Å². The number of aromatic nitrogens is 3. The van der Waals surface area contributed by atoms with Gasteiger partial charge in [-0.3, -0.25) is 14.3 Å². The first-order chi connectivity index (χ1) is 20.5. The number of likely N-dealkylation sites (tertiary alicyclic amines) is 1. The first-order valence-electron chi connectivity index (χ1n) is 14.3. The van der Waals surface area contributed by atoms with E-state index in [1.54, 1.807) is 11.6 Å². The summed E-state index contributed by atoms with van der Waals surface area (Å²) in [5.74, 6) is -3.71. The average Bonchev–Trinajstić information content (AvgIpc) is 3.74. The van der Waals surface area contributed by atoms with E-state index in [1.807, 2.05) is 4.90 Å². The van der Waals surface area contributed by atoms with Gasteiger partial charge in [-0.05, 0) is 31.4 Å². The van der Waals surface area contributed by atoms with Crippen LogP contribution in [0.1, 0.15) is 73.5 Å². The number of hydrogen-bond donors (Lipinski definition) is 2. The van der Waals surface area contributed by atoms with Crippen LogP contribution < -0.4 is 10.6 Å². The molecule has 1 aromatic carbocycles. The van der Waals surface area contributed by atoms with Gasteiger partial charge in [-0.25, -0.2) is 13.8 Å². The zero-order valence-corrected chi connectivity index (χ0v) is 24.2. The molecule has 2 N–H and O–H groups in total. The fourth-order valence-electron chi connectivity index (χ4n) is 5.69. The van der Waals surface area contributed by atoms with Crippen molar-refractivity contribution in [2.24, 2.45) is 0 Å². The Morgan fingerprint density at radius 2 is 1.84 bits per heavy atom. The van der Waals surface area contributed by atoms with E-state index in [0.29, 0.717) is 18.1 Å². The third-order valence-corrected chi connectivity index (χ3v) is 8.66. The van der Waals surface area contributed by atoms with Crippen molar-refractivity contribution >= 4 is 28.3 Å². The maximum atomic E-state index is 13.9. The molecule has 0 bridgehead atoms. The molecule has 1 saturated heterocycles. The fourth-order valence-corrected chi connectivity index (χ4v) is 6.24. The van der Waals surface area contributed by atoms with Crippen molar-refractivity contribution in [1.29, 1.82) is 0 Å². The predicted octanol–water partition coefficient (Wildman–Crippen LogP) is 6.39. The topological polar surface area (TPSA) is 92.2 Å². The second-order valence-corrected chi connectivity index (χ2v) is 12.0. The Bertz CT molecular complexity index is 1390. The van der Waals surface area contributed by atoms with Gasteiger partial charge in [0.25, 0.3) is 11.8 Å². The van der Waals surface area contributed by atoms with Gasteiger partial charge in [0.15, 0.2) is 10.8 Å². The summed E-state index contributed by atoms with van der Waals surface area (Å²) < 4.78 is 70.6. The van der Waals surface area contributed by atoms with Crippen molar-refractivity contribution < 1.29 is 31.5 Å². The summed E-state index contributed by atoms with van der Waals surface area (Å²) in [6.45, 7) is 0.784. The highest BCUT2D eigenvalue weighted by Gasteiger charge is 2.36. The molecule has 0 spiro atoms. The first kappa shape index (κ1) is 31.0. The van der Waals surface area contributed by atoms with E-state index in [9.17, 15) is 31.5 Å². The quantitative estimate of drug-likeness (QED) is 0.255. The Kier molecular flexibility index (Phi) is 9.45. The normalized spacial score (nSPS) is 18.4. The lowest BCUT2D eigenvalue weighted by Gasteiger charge is -2.32. The molecule has 1 aliphatic carbocycles. The van der Waals surface area contributed by atoms with Crippen LogP contribution in [0.15, 0.2) is 41.9 Å². The van der Waals surface area contributed by atoms with Crippen LogP contribution in [0.3, 0.4) is 0 Å². The van der Waals surface area contributed by atoms with Crippen LogP contribution in [0, 0.1) is 0 Å². The lowest BCUT2D eigenvalue weighted by Crippen LogP contribution is -2.43. The lowest BCUT2D eigenvalue weighted by atomic mass is 10.0. The third kappa shape index (κ3) is 7.96. The smallest absolute Gasteiger partial charge is 0.347 e. The Balaban J connectivity index is 1.37. The average molecular weight is 625 g/mol. The fraction of sp³-hybridized carbons (Fsp3) is 0.517. The molecule has 3 aromatic rings. The van der Waals surface area contributed by atoms with E-state index in [-0.39, 0.29) is 61.3 Å². The van der Waals surface area contributed by atoms with E-state index in [1.165, 1.54) is 40.3 Å². The van der Waals surface area contributed by atoms with Gasteiger partial charge in [0.05, 0.1) is 17.3 Å². The molecule has 14 heteroatoms. The number of thiazole rings is 1. The van der Waals surface area contributed by atoms with E-state index < -0.39 is 29.6 Å². The van der Waals surface area contributed by atoms with Crippen LogP contribution in [0.5, 0.6) is 0 Å². The Morgan fingerprint density at radius 1 is 1.12 bits per heavy atom. The number of carbonyl (C=O) groups excluding carboxylic acids is 2. The minimum atomic E-state index is -4.60. The third-order valence-electron chi connectivity index (χ3n) is 7.97. The van der Waals surface area contributed by atoms with Gasteiger partial charge in [-0.15, -0.1) is 11.3 Å². The van der Waals surface area contributed by atoms with Gasteiger partial charge in [0.1, 0.15) is 0 Å². The van der Waals surface area contributed by atoms with Crippen molar-refractivity contribution in [3.63, 3.8) is 0 Å². The molecule has 2 aromatic heterocycles. The molecule has 232 valence electrons. The number of anilines is 1. The summed E-state index contributed by atoms with van der Waals surface area (Å²) in [6, 6.07) is 5.77. The molecular formula is C29H33F5N6O2S. The second-order valence-electron chi connectivity index (χ2n) is 11.1. The highest BCUT2D eigenvalue weighted by atomic mass is 32.1. The SMILES string of the molecule is O=C(C[C@H](CCN1CCC(F)(F)CC1)NC(=O)c1cc(-c2ccccc2C(F)(F)F)n(C2CCCC2)n1)Nc1nccs1. The van der Waals surface area contributed by atoms with E-state index in [4.69, 9.17) is 0 Å². The summed E-state index contributed by atoms with van der Waals surface area (Å²) in [5, 5.41) is 12.1. The van der Waals surface area contributed by atoms with Crippen molar-refractivity contribution in [2.45, 2.75) is 75.5 Å². The molecule has 2 amide bonds. The van der Waals surface area contributed by atoms with Crippen LogP contribution in [0.2, 0.25) is 0 Å². The predicted molar refractivity (Wildman–Crippen MR) is 152 cm³/mol. The molecule has 0 radical (unpaired) electrons. The van der Waals surface area contributed by atoms with Crippen LogP contribution in [0.4, 0.5) is 27.1 Å². The van der Waals surface area contributed by atoms with Crippen molar-refractivity contribution in [3.8, 4) is 11.3 Å². The molecule has 1 aliphatic heterocycles. The second kappa shape index (κ2) is 13.1. The Morgan fingerprint density at radius 3 is 2.51 bits per heavy atom. The summed E-state index contributed by atoms with van der Waals surface area (Å²) in [5.41, 5.74) is -0.723. The van der Waals surface area contributed by atoms with E-state index in [0.717, 1.165) is 31.7 Å². The minimum absolute atomic E-state index is 0.0539. The van der Waals surface area contributed by atoms with Gasteiger partial charge in [-0.1, -0.05) is 31.0 Å². The van der Waals surface area contributed by atoms with Crippen molar-refractivity contribution in [1.82, 2.24) is 25.0 Å². The standard InChI is InChI=1S/C29H33F5N6O2S/c30-28(31)10-14-39(15-11-28)13-9-19(17-25(41)37-27-35-12-16-43-27)36-26(42)23-18-24(40(38-23)20-5-1-2-6-20)21-7-3-4-8-22(21)29(32,33)34/h3-4,7-8,12,16,18-20H,1-2,5-6,9-11,13-15,17H2,(H,36,42)(H,35,37,41)/t19-/m0/s1. The zero-order valence-electron chi connectivity index (χ0n) is 23.4. The summed E-state index contributed by atoms with van der Waals surface area (Å²) >= 11 is 1.24. The number of hydrogen-bond acceptors (Lipinski definition) is 6. The highest BCUT2D eigenvalue weighted by molar-refractivity contribution is 7.13. The number of alkyl halides is 5. The van der Waals surface area contributed by atoms with Crippen LogP contribution in [-0.2, 0) is 11.0 Å². The van der Waals surface area contributed by atoms with Crippen LogP contribution in [-0.4, -0.2) is 63.1 Å². The number of carbonyl (C=O) groups is 2. The maximum Gasteiger partial charge on any atom is 0.417 e. The van der Waals surface area contributed by atoms with E-state index in [2.05, 4.69) is 20.7 Å². The van der Waals surface area contributed by atoms with Gasteiger partial charge in [0.2, 0.25) is 5.91 Å². The first-order valence-corrected chi connectivity index (χ1v) is 15.2. The molecule has 5 rings (SSSR count). The summed E-state index contributed by atoms with van der Waals surface area (Å²) in [6.07, 6.45) is -0.0886. The largest absolute Gasteiger partial charge is 0.417 e. The number of amides is 2. The summed E-state index contributed by atoms with van der Waals surface area (Å²) in [7, 11) is 0. The summed E-state index contributed by atoms with van der Waals surface area (Å²) in [4.78, 5) is 32.2. The Hall–Kier alpha value is -3.39. The number of halogens is 5. The molecule has 3 heterocycles. The number of rotatable bonds is 10.